The van der Waals surface area contributed by atoms with Gasteiger partial charge in [-0.25, -0.2) is 4.98 Å². The van der Waals surface area contributed by atoms with E-state index >= 15 is 0 Å². The van der Waals surface area contributed by atoms with Gasteiger partial charge >= 0.3 is 0 Å². The zero-order valence-electron chi connectivity index (χ0n) is 19.4. The quantitative estimate of drug-likeness (QED) is 0.394. The van der Waals surface area contributed by atoms with Gasteiger partial charge in [0.25, 0.3) is 5.91 Å². The van der Waals surface area contributed by atoms with Crippen molar-refractivity contribution < 1.29 is 14.3 Å². The molecule has 2 N–H and O–H groups in total. The van der Waals surface area contributed by atoms with Gasteiger partial charge in [0.15, 0.2) is 6.29 Å². The first-order valence-electron chi connectivity index (χ1n) is 11.6. The van der Waals surface area contributed by atoms with E-state index in [1.807, 2.05) is 54.6 Å². The molecule has 2 heterocycles. The summed E-state index contributed by atoms with van der Waals surface area (Å²) in [7, 11) is 0. The molecule has 1 aliphatic heterocycles. The summed E-state index contributed by atoms with van der Waals surface area (Å²) >= 11 is 0. The zero-order valence-corrected chi connectivity index (χ0v) is 19.4. The lowest BCUT2D eigenvalue weighted by molar-refractivity contribution is 0.102. The van der Waals surface area contributed by atoms with E-state index in [1.165, 1.54) is 0 Å². The highest BCUT2D eigenvalue weighted by atomic mass is 16.5. The molecule has 1 atom stereocenters. The standard InChI is InChI=1S/C28H26N4O3/c1-19-17-32(14-13-29-19)23-7-5-20(6-8-23)28(34)31-27-16-25(11-12-30-27)35-24-9-10-26-21(15-24)3-2-4-22(26)18-33/h2-12,15-16,18-19,29H,13-14,17H2,1H3,(H,30,31,34). The summed E-state index contributed by atoms with van der Waals surface area (Å²) in [6.07, 6.45) is 2.44. The van der Waals surface area contributed by atoms with Gasteiger partial charge in [-0.1, -0.05) is 18.2 Å². The molecule has 1 fully saturated rings. The van der Waals surface area contributed by atoms with Crippen LogP contribution in [0.3, 0.4) is 0 Å². The Bertz CT molecular complexity index is 1370. The minimum atomic E-state index is -0.234. The fraction of sp³-hybridized carbons (Fsp3) is 0.179. The molecule has 0 aliphatic carbocycles. The van der Waals surface area contributed by atoms with Crippen molar-refractivity contribution in [2.24, 2.45) is 0 Å². The molecule has 4 aromatic rings. The molecular formula is C28H26N4O3. The van der Waals surface area contributed by atoms with Gasteiger partial charge in [-0.15, -0.1) is 0 Å². The van der Waals surface area contributed by atoms with Crippen molar-refractivity contribution in [3.63, 3.8) is 0 Å². The zero-order chi connectivity index (χ0) is 24.2. The maximum Gasteiger partial charge on any atom is 0.256 e. The number of benzene rings is 3. The lowest BCUT2D eigenvalue weighted by Crippen LogP contribution is -2.49. The molecule has 0 radical (unpaired) electrons. The number of anilines is 2. The van der Waals surface area contributed by atoms with Crippen LogP contribution in [0.5, 0.6) is 11.5 Å². The summed E-state index contributed by atoms with van der Waals surface area (Å²) in [4.78, 5) is 30.6. The number of hydrogen-bond donors (Lipinski definition) is 2. The SMILES string of the molecule is CC1CN(c2ccc(C(=O)Nc3cc(Oc4ccc5c(C=O)cccc5c4)ccn3)cc2)CCN1. The lowest BCUT2D eigenvalue weighted by atomic mass is 10.1. The van der Waals surface area contributed by atoms with Crippen LogP contribution in [-0.4, -0.2) is 42.9 Å². The maximum absolute atomic E-state index is 12.8. The van der Waals surface area contributed by atoms with Crippen LogP contribution in [0.4, 0.5) is 11.5 Å². The fourth-order valence-electron chi connectivity index (χ4n) is 4.31. The molecule has 7 nitrogen and oxygen atoms in total. The average Bonchev–Trinajstić information content (AvgIpc) is 2.88. The number of aromatic nitrogens is 1. The topological polar surface area (TPSA) is 83.6 Å². The predicted molar refractivity (Wildman–Crippen MR) is 138 cm³/mol. The lowest BCUT2D eigenvalue weighted by Gasteiger charge is -2.33. The third kappa shape index (κ3) is 5.15. The second-order valence-corrected chi connectivity index (χ2v) is 8.63. The van der Waals surface area contributed by atoms with Gasteiger partial charge in [0.1, 0.15) is 17.3 Å². The van der Waals surface area contributed by atoms with E-state index in [0.717, 1.165) is 42.4 Å². The normalized spacial score (nSPS) is 15.6. The highest BCUT2D eigenvalue weighted by Gasteiger charge is 2.16. The number of ether oxygens (including phenoxy) is 1. The minimum Gasteiger partial charge on any atom is -0.457 e. The van der Waals surface area contributed by atoms with E-state index < -0.39 is 0 Å². The van der Waals surface area contributed by atoms with E-state index in [9.17, 15) is 9.59 Å². The molecule has 1 saturated heterocycles. The molecule has 0 bridgehead atoms. The Morgan fingerprint density at radius 3 is 2.71 bits per heavy atom. The molecule has 5 rings (SSSR count). The molecule has 176 valence electrons. The largest absolute Gasteiger partial charge is 0.457 e. The Balaban J connectivity index is 1.26. The average molecular weight is 467 g/mol. The monoisotopic (exact) mass is 466 g/mol. The van der Waals surface area contributed by atoms with Crippen LogP contribution in [0.25, 0.3) is 10.8 Å². The number of piperazine rings is 1. The number of rotatable bonds is 6. The van der Waals surface area contributed by atoms with Crippen molar-refractivity contribution >= 4 is 34.5 Å². The number of nitrogens with zero attached hydrogens (tertiary/aromatic N) is 2. The third-order valence-corrected chi connectivity index (χ3v) is 6.08. The molecule has 35 heavy (non-hydrogen) atoms. The molecule has 0 spiro atoms. The second kappa shape index (κ2) is 9.95. The number of fused-ring (bicyclic) bond motifs is 1. The van der Waals surface area contributed by atoms with Crippen molar-refractivity contribution in [3.05, 3.63) is 90.1 Å². The summed E-state index contributed by atoms with van der Waals surface area (Å²) in [5.41, 5.74) is 2.31. The van der Waals surface area contributed by atoms with Gasteiger partial charge in [-0.05, 0) is 66.2 Å². The summed E-state index contributed by atoms with van der Waals surface area (Å²) in [5.74, 6) is 1.34. The first-order valence-corrected chi connectivity index (χ1v) is 11.6. The van der Waals surface area contributed by atoms with Crippen LogP contribution in [0, 0.1) is 0 Å². The van der Waals surface area contributed by atoms with E-state index in [4.69, 9.17) is 4.74 Å². The highest BCUT2D eigenvalue weighted by Crippen LogP contribution is 2.28. The molecule has 3 aromatic carbocycles. The van der Waals surface area contributed by atoms with Crippen LogP contribution in [0.1, 0.15) is 27.6 Å². The molecule has 1 amide bonds. The number of nitrogens with one attached hydrogen (secondary N) is 2. The minimum absolute atomic E-state index is 0.234. The predicted octanol–water partition coefficient (Wildman–Crippen LogP) is 4.89. The smallest absolute Gasteiger partial charge is 0.256 e. The fourth-order valence-corrected chi connectivity index (χ4v) is 4.31. The van der Waals surface area contributed by atoms with Crippen LogP contribution < -0.4 is 20.3 Å². The first kappa shape index (κ1) is 22.6. The Labute approximate surface area is 203 Å². The van der Waals surface area contributed by atoms with Gasteiger partial charge in [0, 0.05) is 54.8 Å². The number of pyridine rings is 1. The van der Waals surface area contributed by atoms with Gasteiger partial charge in [0.05, 0.1) is 0 Å². The number of amides is 1. The highest BCUT2D eigenvalue weighted by molar-refractivity contribution is 6.04. The summed E-state index contributed by atoms with van der Waals surface area (Å²) in [5, 5.41) is 8.06. The van der Waals surface area contributed by atoms with Crippen LogP contribution in [-0.2, 0) is 0 Å². The Hall–Kier alpha value is -4.23. The number of aldehydes is 1. The molecule has 1 unspecified atom stereocenters. The van der Waals surface area contributed by atoms with Crippen molar-refractivity contribution in [2.75, 3.05) is 29.9 Å². The molecule has 1 aromatic heterocycles. The summed E-state index contributed by atoms with van der Waals surface area (Å²) < 4.78 is 5.99. The molecule has 0 saturated carbocycles. The van der Waals surface area contributed by atoms with Crippen molar-refractivity contribution in [1.29, 1.82) is 0 Å². The number of carbonyl (C=O) groups is 2. The van der Waals surface area contributed by atoms with E-state index in [2.05, 4.69) is 27.4 Å². The van der Waals surface area contributed by atoms with Crippen LogP contribution >= 0.6 is 0 Å². The maximum atomic E-state index is 12.8. The van der Waals surface area contributed by atoms with Crippen molar-refractivity contribution in [3.8, 4) is 11.5 Å². The van der Waals surface area contributed by atoms with E-state index in [-0.39, 0.29) is 5.91 Å². The molecule has 7 heteroatoms. The van der Waals surface area contributed by atoms with Crippen molar-refractivity contribution in [2.45, 2.75) is 13.0 Å². The number of hydrogen-bond acceptors (Lipinski definition) is 6. The third-order valence-electron chi connectivity index (χ3n) is 6.08. The number of carbonyl (C=O) groups excluding carboxylic acids is 2. The van der Waals surface area contributed by atoms with Crippen LogP contribution in [0.2, 0.25) is 0 Å². The summed E-state index contributed by atoms with van der Waals surface area (Å²) in [6.45, 7) is 5.01. The second-order valence-electron chi connectivity index (χ2n) is 8.63. The van der Waals surface area contributed by atoms with Gasteiger partial charge in [-0.2, -0.15) is 0 Å². The first-order chi connectivity index (χ1) is 17.1. The van der Waals surface area contributed by atoms with Gasteiger partial charge in [0.2, 0.25) is 0 Å². The van der Waals surface area contributed by atoms with E-state index in [1.54, 1.807) is 24.4 Å². The summed E-state index contributed by atoms with van der Waals surface area (Å²) in [6, 6.07) is 22.6. The van der Waals surface area contributed by atoms with Crippen molar-refractivity contribution in [1.82, 2.24) is 10.3 Å². The van der Waals surface area contributed by atoms with Gasteiger partial charge in [-0.3, -0.25) is 9.59 Å². The van der Waals surface area contributed by atoms with Gasteiger partial charge < -0.3 is 20.3 Å². The van der Waals surface area contributed by atoms with Crippen LogP contribution in [0.15, 0.2) is 79.0 Å². The Morgan fingerprint density at radius 2 is 1.91 bits per heavy atom. The Kier molecular flexibility index (Phi) is 6.41. The Morgan fingerprint density at radius 1 is 1.09 bits per heavy atom. The molecule has 1 aliphatic rings. The van der Waals surface area contributed by atoms with E-state index in [0.29, 0.717) is 34.5 Å². The molecular weight excluding hydrogens is 440 g/mol.